The van der Waals surface area contributed by atoms with E-state index in [1.807, 2.05) is 58.1 Å². The normalized spacial score (nSPS) is 31.5. The Morgan fingerprint density at radius 2 is 1.92 bits per heavy atom. The van der Waals surface area contributed by atoms with Crippen molar-refractivity contribution in [1.82, 2.24) is 25.2 Å². The summed E-state index contributed by atoms with van der Waals surface area (Å²) in [5.41, 5.74) is 3.55. The summed E-state index contributed by atoms with van der Waals surface area (Å²) in [5.74, 6) is -3.45. The van der Waals surface area contributed by atoms with Crippen molar-refractivity contribution in [2.24, 2.45) is 17.8 Å². The highest BCUT2D eigenvalue weighted by Crippen LogP contribution is 2.39. The van der Waals surface area contributed by atoms with Gasteiger partial charge in [0.05, 0.1) is 23.8 Å². The molecule has 0 aliphatic carbocycles. The van der Waals surface area contributed by atoms with E-state index < -0.39 is 53.0 Å². The van der Waals surface area contributed by atoms with E-state index >= 15 is 0 Å². The molecule has 9 atom stereocenters. The third kappa shape index (κ3) is 8.74. The summed E-state index contributed by atoms with van der Waals surface area (Å²) >= 11 is 0. The van der Waals surface area contributed by atoms with Crippen LogP contribution in [0.4, 0.5) is 5.82 Å². The van der Waals surface area contributed by atoms with Crippen molar-refractivity contribution in [2.75, 3.05) is 18.9 Å². The number of aromatic nitrogens is 3. The molecular weight excluding hydrogens is 651 g/mol. The number of ketones is 1. The molecule has 4 rings (SSSR count). The Bertz CT molecular complexity index is 1790. The van der Waals surface area contributed by atoms with Gasteiger partial charge in [0, 0.05) is 29.7 Å². The predicted octanol–water partition coefficient (Wildman–Crippen LogP) is 2.22. The fourth-order valence-electron chi connectivity index (χ4n) is 7.15. The summed E-state index contributed by atoms with van der Waals surface area (Å²) in [4.78, 5) is 61.1. The smallest absolute Gasteiger partial charge is 0.352 e. The number of aliphatic hydroxyl groups is 1. The fraction of sp³-hybridized carbons (Fsp3) is 0.514. The van der Waals surface area contributed by atoms with Crippen molar-refractivity contribution < 1.29 is 29.0 Å². The Labute approximate surface area is 299 Å². The second kappa shape index (κ2) is 16.7. The summed E-state index contributed by atoms with van der Waals surface area (Å²) in [5, 5.41) is 19.6. The standard InChI is InChI=1S/C37H51BN6O7/c1-7-29-37(49,44-15-14-30(39)43-35(44)48)33(42-21-45)25(5)40-19-22(2)18-36(6,32(38)23(3)31(46)24(4)34(47)51-29)50-16-10-11-26-17-27-12-8-9-13-28(27)41-20-26/h8-15,17,20-25,29,32-33,40,49H,7,16,18-19,38H2,1-6H3,(H,42,45)(H2,39,43,48)/b11-10+/t22-,23+,24-,25-,29-,32-,33-,36-,37-/m1/s1. The molecule has 0 unspecified atom stereocenters. The highest BCUT2D eigenvalue weighted by molar-refractivity contribution is 6.15. The van der Waals surface area contributed by atoms with E-state index in [-0.39, 0.29) is 36.4 Å². The summed E-state index contributed by atoms with van der Waals surface area (Å²) in [7, 11) is 1.95. The molecule has 3 aromatic rings. The number of rotatable bonds is 8. The molecule has 2 aromatic heterocycles. The van der Waals surface area contributed by atoms with Gasteiger partial charge in [-0.25, -0.2) is 4.79 Å². The number of para-hydroxylation sites is 1. The maximum Gasteiger partial charge on any atom is 0.352 e. The molecule has 1 amide bonds. The van der Waals surface area contributed by atoms with Gasteiger partial charge in [0.1, 0.15) is 25.4 Å². The van der Waals surface area contributed by atoms with E-state index in [0.29, 0.717) is 19.4 Å². The molecule has 0 bridgehead atoms. The molecule has 1 fully saturated rings. The Morgan fingerprint density at radius 1 is 1.20 bits per heavy atom. The first-order chi connectivity index (χ1) is 24.2. The number of pyridine rings is 1. The minimum atomic E-state index is -2.33. The van der Waals surface area contributed by atoms with Crippen LogP contribution in [-0.2, 0) is 29.6 Å². The molecule has 13 nitrogen and oxygen atoms in total. The number of anilines is 1. The van der Waals surface area contributed by atoms with Gasteiger partial charge in [0.15, 0.2) is 6.10 Å². The van der Waals surface area contributed by atoms with Gasteiger partial charge in [0.25, 0.3) is 0 Å². The van der Waals surface area contributed by atoms with Crippen LogP contribution in [0.2, 0.25) is 5.82 Å². The second-order valence-corrected chi connectivity index (χ2v) is 14.1. The largest absolute Gasteiger partial charge is 0.457 e. The predicted molar refractivity (Wildman–Crippen MR) is 198 cm³/mol. The molecule has 0 saturated carbocycles. The number of amides is 1. The number of cyclic esters (lactones) is 1. The minimum Gasteiger partial charge on any atom is -0.457 e. The highest BCUT2D eigenvalue weighted by Gasteiger charge is 2.51. The number of nitrogens with zero attached hydrogens (tertiary/aromatic N) is 3. The van der Waals surface area contributed by atoms with Crippen LogP contribution in [-0.4, -0.2) is 82.6 Å². The Kier molecular flexibility index (Phi) is 12.9. The lowest BCUT2D eigenvalue weighted by atomic mass is 9.62. The number of nitrogens with two attached hydrogens (primary N) is 1. The Hall–Kier alpha value is -4.40. The number of fused-ring (bicyclic) bond motifs is 1. The molecule has 1 aromatic carbocycles. The van der Waals surface area contributed by atoms with Gasteiger partial charge in [-0.15, -0.1) is 0 Å². The molecule has 51 heavy (non-hydrogen) atoms. The van der Waals surface area contributed by atoms with Crippen LogP contribution in [0.1, 0.15) is 59.9 Å². The van der Waals surface area contributed by atoms with E-state index in [2.05, 4.69) is 26.7 Å². The molecule has 0 radical (unpaired) electrons. The van der Waals surface area contributed by atoms with E-state index in [9.17, 15) is 24.3 Å². The zero-order chi connectivity index (χ0) is 37.5. The van der Waals surface area contributed by atoms with Gasteiger partial charge in [-0.1, -0.05) is 51.1 Å². The molecule has 274 valence electrons. The van der Waals surface area contributed by atoms with E-state index in [0.717, 1.165) is 21.0 Å². The number of carbonyl (C=O) groups is 3. The average Bonchev–Trinajstić information content (AvgIpc) is 3.11. The Balaban J connectivity index is 1.68. The van der Waals surface area contributed by atoms with Gasteiger partial charge in [-0.05, 0) is 75.7 Å². The first-order valence-electron chi connectivity index (χ1n) is 17.6. The highest BCUT2D eigenvalue weighted by atomic mass is 16.6. The maximum atomic E-state index is 13.9. The van der Waals surface area contributed by atoms with Crippen molar-refractivity contribution >= 4 is 48.8 Å². The second-order valence-electron chi connectivity index (χ2n) is 14.1. The van der Waals surface area contributed by atoms with Gasteiger partial charge >= 0.3 is 11.7 Å². The maximum absolute atomic E-state index is 13.9. The molecular formula is C37H51BN6O7. The first-order valence-corrected chi connectivity index (χ1v) is 17.6. The number of Topliss-reactive ketones (excluding diaryl/α,β-unsaturated/α-hetero) is 1. The number of carbonyl (C=O) groups excluding carboxylic acids is 3. The summed E-state index contributed by atoms with van der Waals surface area (Å²) < 4.78 is 13.4. The zero-order valence-electron chi connectivity index (χ0n) is 30.5. The molecule has 0 spiro atoms. The third-order valence-corrected chi connectivity index (χ3v) is 10.4. The van der Waals surface area contributed by atoms with Crippen molar-refractivity contribution in [3.8, 4) is 0 Å². The van der Waals surface area contributed by atoms with E-state index in [1.54, 1.807) is 27.0 Å². The number of nitrogen functional groups attached to an aromatic ring is 1. The lowest BCUT2D eigenvalue weighted by molar-refractivity contribution is -0.199. The van der Waals surface area contributed by atoms with Crippen LogP contribution in [0.3, 0.4) is 0 Å². The minimum absolute atomic E-state index is 0.0239. The Morgan fingerprint density at radius 3 is 2.61 bits per heavy atom. The SMILES string of the molecule is B[C@@H]1[C@@H](C)C(=O)[C@@H](C)C(=O)O[C@H](CC)[C@](O)(n2ccc(N)nc2=O)[C@H](NC=O)[C@@H](C)NC[C@H](C)C[C@@]1(C)OC/C=C/c1cnc2ccccc2c1. The molecule has 1 aliphatic heterocycles. The van der Waals surface area contributed by atoms with Crippen LogP contribution in [0, 0.1) is 17.8 Å². The number of esters is 1. The number of nitrogens with one attached hydrogen (secondary N) is 2. The lowest BCUT2D eigenvalue weighted by Crippen LogP contribution is -2.68. The van der Waals surface area contributed by atoms with Crippen molar-refractivity contribution in [3.63, 3.8) is 0 Å². The van der Waals surface area contributed by atoms with Crippen molar-refractivity contribution in [2.45, 2.75) is 89.7 Å². The molecule has 14 heteroatoms. The number of hydrogen-bond acceptors (Lipinski definition) is 11. The molecule has 1 saturated heterocycles. The lowest BCUT2D eigenvalue weighted by Gasteiger charge is -2.44. The monoisotopic (exact) mass is 702 g/mol. The molecule has 1 aliphatic rings. The van der Waals surface area contributed by atoms with Gasteiger partial charge < -0.3 is 30.9 Å². The number of hydrogen-bond donors (Lipinski definition) is 4. The van der Waals surface area contributed by atoms with Crippen LogP contribution < -0.4 is 22.1 Å². The molecule has 5 N–H and O–H groups in total. The van der Waals surface area contributed by atoms with Crippen molar-refractivity contribution in [1.29, 1.82) is 0 Å². The van der Waals surface area contributed by atoms with E-state index in [4.69, 9.17) is 15.2 Å². The van der Waals surface area contributed by atoms with Gasteiger partial charge in [0.2, 0.25) is 12.1 Å². The first kappa shape index (κ1) is 39.4. The molecule has 3 heterocycles. The van der Waals surface area contributed by atoms with Crippen LogP contribution in [0.15, 0.2) is 59.7 Å². The number of benzene rings is 1. The number of ether oxygens (including phenoxy) is 2. The third-order valence-electron chi connectivity index (χ3n) is 10.4. The van der Waals surface area contributed by atoms with Crippen LogP contribution in [0.25, 0.3) is 17.0 Å². The van der Waals surface area contributed by atoms with Gasteiger partial charge in [-0.2, -0.15) is 4.98 Å². The summed E-state index contributed by atoms with van der Waals surface area (Å²) in [6, 6.07) is 9.41. The zero-order valence-corrected chi connectivity index (χ0v) is 30.5. The van der Waals surface area contributed by atoms with Gasteiger partial charge in [-0.3, -0.25) is 23.9 Å². The average molecular weight is 703 g/mol. The summed E-state index contributed by atoms with van der Waals surface area (Å²) in [6.45, 7) is 11.4. The summed E-state index contributed by atoms with van der Waals surface area (Å²) in [6.07, 6.45) is 6.53. The quantitative estimate of drug-likeness (QED) is 0.117. The van der Waals surface area contributed by atoms with Crippen molar-refractivity contribution in [3.05, 3.63) is 70.9 Å². The van der Waals surface area contributed by atoms with E-state index in [1.165, 1.54) is 19.2 Å². The van der Waals surface area contributed by atoms with Crippen LogP contribution >= 0.6 is 0 Å². The fourth-order valence-corrected chi connectivity index (χ4v) is 7.15. The van der Waals surface area contributed by atoms with Crippen LogP contribution in [0.5, 0.6) is 0 Å². The topological polar surface area (TPSA) is 188 Å².